The Morgan fingerprint density at radius 2 is 2.00 bits per heavy atom. The van der Waals surface area contributed by atoms with Crippen LogP contribution in [0.2, 0.25) is 0 Å². The first-order valence-corrected chi connectivity index (χ1v) is 6.46. The normalized spacial score (nSPS) is 21.1. The molecule has 0 aliphatic heterocycles. The molecule has 0 aromatic rings. The highest BCUT2D eigenvalue weighted by atomic mass is 14.9. The Morgan fingerprint density at radius 1 is 1.33 bits per heavy atom. The van der Waals surface area contributed by atoms with Crippen LogP contribution < -0.4 is 5.32 Å². The summed E-state index contributed by atoms with van der Waals surface area (Å²) in [5, 5.41) is 3.66. The average Bonchev–Trinajstić information content (AvgIpc) is 2.74. The van der Waals surface area contributed by atoms with Gasteiger partial charge in [0.2, 0.25) is 0 Å². The first-order chi connectivity index (χ1) is 7.29. The van der Waals surface area contributed by atoms with Crippen molar-refractivity contribution in [3.8, 4) is 12.3 Å². The fourth-order valence-electron chi connectivity index (χ4n) is 3.13. The quantitative estimate of drug-likeness (QED) is 0.659. The molecule has 1 saturated carbocycles. The molecule has 0 radical (unpaired) electrons. The van der Waals surface area contributed by atoms with E-state index in [2.05, 4.69) is 25.1 Å². The van der Waals surface area contributed by atoms with E-state index in [4.69, 9.17) is 6.42 Å². The van der Waals surface area contributed by atoms with Crippen molar-refractivity contribution in [3.05, 3.63) is 0 Å². The molecule has 1 aliphatic rings. The van der Waals surface area contributed by atoms with Gasteiger partial charge >= 0.3 is 0 Å². The molecule has 1 fully saturated rings. The van der Waals surface area contributed by atoms with Crippen LogP contribution >= 0.6 is 0 Å². The summed E-state index contributed by atoms with van der Waals surface area (Å²) in [6.45, 7) is 5.60. The maximum atomic E-state index is 5.38. The van der Waals surface area contributed by atoms with Crippen LogP contribution in [0, 0.1) is 17.8 Å². The van der Waals surface area contributed by atoms with E-state index in [0.717, 1.165) is 19.4 Å². The fraction of sp³-hybridized carbons (Fsp3) is 0.857. The van der Waals surface area contributed by atoms with E-state index in [1.54, 1.807) is 0 Å². The predicted molar refractivity (Wildman–Crippen MR) is 66.7 cm³/mol. The molecular formula is C14H25N. The largest absolute Gasteiger partial charge is 0.314 e. The number of rotatable bonds is 6. The third kappa shape index (κ3) is 2.98. The van der Waals surface area contributed by atoms with Crippen LogP contribution in [0.3, 0.4) is 0 Å². The molecule has 0 spiro atoms. The minimum Gasteiger partial charge on any atom is -0.314 e. The number of terminal acetylenes is 1. The molecule has 0 heterocycles. The minimum atomic E-state index is 0.548. The monoisotopic (exact) mass is 207 g/mol. The Bertz CT molecular complexity index is 208. The molecule has 1 heteroatoms. The van der Waals surface area contributed by atoms with Gasteiger partial charge in [-0.15, -0.1) is 12.3 Å². The van der Waals surface area contributed by atoms with Gasteiger partial charge in [0.15, 0.2) is 0 Å². The zero-order valence-electron chi connectivity index (χ0n) is 10.3. The molecule has 0 bridgehead atoms. The smallest absolute Gasteiger partial charge is 0.0132 e. The Morgan fingerprint density at radius 3 is 2.47 bits per heavy atom. The zero-order chi connectivity index (χ0) is 11.1. The lowest BCUT2D eigenvalue weighted by Gasteiger charge is -2.37. The van der Waals surface area contributed by atoms with Crippen molar-refractivity contribution >= 4 is 0 Å². The lowest BCUT2D eigenvalue weighted by atomic mass is 9.74. The lowest BCUT2D eigenvalue weighted by molar-refractivity contribution is 0.180. The van der Waals surface area contributed by atoms with Gasteiger partial charge in [-0.2, -0.15) is 0 Å². The third-order valence-electron chi connectivity index (χ3n) is 4.07. The summed E-state index contributed by atoms with van der Waals surface area (Å²) >= 11 is 0. The second-order valence-corrected chi connectivity index (χ2v) is 4.78. The van der Waals surface area contributed by atoms with Crippen LogP contribution in [0.25, 0.3) is 0 Å². The Labute approximate surface area is 95.0 Å². The van der Waals surface area contributed by atoms with Crippen molar-refractivity contribution in [2.45, 2.75) is 64.8 Å². The van der Waals surface area contributed by atoms with Gasteiger partial charge in [-0.05, 0) is 37.6 Å². The summed E-state index contributed by atoms with van der Waals surface area (Å²) in [5.74, 6) is 2.78. The lowest BCUT2D eigenvalue weighted by Crippen LogP contribution is -2.43. The van der Waals surface area contributed by atoms with Gasteiger partial charge in [-0.25, -0.2) is 0 Å². The number of nitrogens with one attached hydrogen (secondary N) is 1. The summed E-state index contributed by atoms with van der Waals surface area (Å²) < 4.78 is 0. The van der Waals surface area contributed by atoms with E-state index in [1.165, 1.54) is 32.1 Å². The van der Waals surface area contributed by atoms with Gasteiger partial charge in [0.25, 0.3) is 0 Å². The SMILES string of the molecule is C#CCCC(NCC)C1(CC)CCCC1. The Kier molecular flexibility index (Phi) is 5.19. The molecule has 0 aromatic heterocycles. The van der Waals surface area contributed by atoms with Crippen LogP contribution in [0.5, 0.6) is 0 Å². The van der Waals surface area contributed by atoms with Gasteiger partial charge < -0.3 is 5.32 Å². The molecule has 0 amide bonds. The van der Waals surface area contributed by atoms with Crippen molar-refractivity contribution in [2.75, 3.05) is 6.54 Å². The van der Waals surface area contributed by atoms with Crippen molar-refractivity contribution in [1.82, 2.24) is 5.32 Å². The topological polar surface area (TPSA) is 12.0 Å². The molecule has 1 aliphatic carbocycles. The third-order valence-corrected chi connectivity index (χ3v) is 4.07. The van der Waals surface area contributed by atoms with Crippen LogP contribution in [0.1, 0.15) is 58.8 Å². The van der Waals surface area contributed by atoms with Gasteiger partial charge in [0, 0.05) is 12.5 Å². The standard InChI is InChI=1S/C14H25N/c1-4-7-10-13(15-6-3)14(5-2)11-8-9-12-14/h1,13,15H,5-12H2,2-3H3. The molecule has 1 nitrogen and oxygen atoms in total. The second kappa shape index (κ2) is 6.18. The fourth-order valence-corrected chi connectivity index (χ4v) is 3.13. The van der Waals surface area contributed by atoms with Gasteiger partial charge in [0.05, 0.1) is 0 Å². The van der Waals surface area contributed by atoms with E-state index in [-0.39, 0.29) is 0 Å². The van der Waals surface area contributed by atoms with E-state index >= 15 is 0 Å². The van der Waals surface area contributed by atoms with Gasteiger partial charge in [0.1, 0.15) is 0 Å². The number of hydrogen-bond acceptors (Lipinski definition) is 1. The zero-order valence-corrected chi connectivity index (χ0v) is 10.3. The van der Waals surface area contributed by atoms with Crippen molar-refractivity contribution < 1.29 is 0 Å². The second-order valence-electron chi connectivity index (χ2n) is 4.78. The number of hydrogen-bond donors (Lipinski definition) is 1. The van der Waals surface area contributed by atoms with Crippen LogP contribution in [-0.4, -0.2) is 12.6 Å². The molecule has 1 rings (SSSR count). The summed E-state index contributed by atoms with van der Waals surface area (Å²) in [5.41, 5.74) is 0.548. The Hall–Kier alpha value is -0.480. The van der Waals surface area contributed by atoms with Crippen LogP contribution in [0.15, 0.2) is 0 Å². The van der Waals surface area contributed by atoms with E-state index in [9.17, 15) is 0 Å². The van der Waals surface area contributed by atoms with Gasteiger partial charge in [-0.1, -0.05) is 26.7 Å². The van der Waals surface area contributed by atoms with Gasteiger partial charge in [-0.3, -0.25) is 0 Å². The molecule has 1 unspecified atom stereocenters. The van der Waals surface area contributed by atoms with Crippen molar-refractivity contribution in [1.29, 1.82) is 0 Å². The first-order valence-electron chi connectivity index (χ1n) is 6.46. The van der Waals surface area contributed by atoms with Crippen LogP contribution in [0.4, 0.5) is 0 Å². The molecule has 0 saturated heterocycles. The van der Waals surface area contributed by atoms with Crippen molar-refractivity contribution in [2.24, 2.45) is 5.41 Å². The molecule has 0 aromatic carbocycles. The Balaban J connectivity index is 2.62. The average molecular weight is 207 g/mol. The highest BCUT2D eigenvalue weighted by Gasteiger charge is 2.38. The molecule has 15 heavy (non-hydrogen) atoms. The molecule has 86 valence electrons. The van der Waals surface area contributed by atoms with E-state index < -0.39 is 0 Å². The van der Waals surface area contributed by atoms with E-state index in [1.807, 2.05) is 0 Å². The molecule has 1 N–H and O–H groups in total. The first kappa shape index (κ1) is 12.6. The highest BCUT2D eigenvalue weighted by molar-refractivity contribution is 4.96. The van der Waals surface area contributed by atoms with Crippen molar-refractivity contribution in [3.63, 3.8) is 0 Å². The highest BCUT2D eigenvalue weighted by Crippen LogP contribution is 2.45. The van der Waals surface area contributed by atoms with Crippen LogP contribution in [-0.2, 0) is 0 Å². The summed E-state index contributed by atoms with van der Waals surface area (Å²) in [4.78, 5) is 0. The molecule has 1 atom stereocenters. The summed E-state index contributed by atoms with van der Waals surface area (Å²) in [6, 6.07) is 0.644. The predicted octanol–water partition coefficient (Wildman–Crippen LogP) is 3.35. The molecular weight excluding hydrogens is 182 g/mol. The van der Waals surface area contributed by atoms with E-state index in [0.29, 0.717) is 11.5 Å². The maximum absolute atomic E-state index is 5.38. The maximum Gasteiger partial charge on any atom is 0.0132 e. The summed E-state index contributed by atoms with van der Waals surface area (Å²) in [6.07, 6.45) is 14.4. The summed E-state index contributed by atoms with van der Waals surface area (Å²) in [7, 11) is 0. The minimum absolute atomic E-state index is 0.548.